The molecule has 3 aromatic rings. The minimum absolute atomic E-state index is 0.0485. The van der Waals surface area contributed by atoms with Gasteiger partial charge in [0.2, 0.25) is 5.91 Å². The van der Waals surface area contributed by atoms with Crippen LogP contribution in [0.5, 0.6) is 0 Å². The molecule has 29 heavy (non-hydrogen) atoms. The Kier molecular flexibility index (Phi) is 3.79. The Morgan fingerprint density at radius 3 is 2.55 bits per heavy atom. The van der Waals surface area contributed by atoms with Gasteiger partial charge in [-0.1, -0.05) is 6.42 Å². The van der Waals surface area contributed by atoms with Crippen molar-refractivity contribution in [3.63, 3.8) is 0 Å². The number of rotatable bonds is 4. The minimum Gasteiger partial charge on any atom is -0.323 e. The lowest BCUT2D eigenvalue weighted by molar-refractivity contribution is -0.123. The number of nitrogens with zero attached hydrogens (tertiary/aromatic N) is 2. The molecule has 5 rings (SSSR count). The summed E-state index contributed by atoms with van der Waals surface area (Å²) < 4.78 is 42.9. The van der Waals surface area contributed by atoms with Crippen molar-refractivity contribution in [2.75, 3.05) is 10.0 Å². The normalized spacial score (nSPS) is 16.9. The van der Waals surface area contributed by atoms with Crippen molar-refractivity contribution in [1.29, 1.82) is 0 Å². The second-order valence-electron chi connectivity index (χ2n) is 7.32. The minimum atomic E-state index is -3.92. The maximum absolute atomic E-state index is 13.2. The maximum atomic E-state index is 13.2. The van der Waals surface area contributed by atoms with Crippen molar-refractivity contribution in [3.8, 4) is 5.69 Å². The number of benzene rings is 2. The molecule has 2 aromatic carbocycles. The number of amides is 1. The van der Waals surface area contributed by atoms with Crippen LogP contribution in [0.15, 0.2) is 59.8 Å². The third kappa shape index (κ3) is 2.72. The summed E-state index contributed by atoms with van der Waals surface area (Å²) in [5.41, 5.74) is 1.72. The third-order valence-corrected chi connectivity index (χ3v) is 7.04. The zero-order valence-electron chi connectivity index (χ0n) is 15.2. The van der Waals surface area contributed by atoms with E-state index in [1.807, 2.05) is 0 Å². The monoisotopic (exact) mass is 412 g/mol. The summed E-state index contributed by atoms with van der Waals surface area (Å²) in [4.78, 5) is 12.6. The van der Waals surface area contributed by atoms with E-state index < -0.39 is 21.3 Å². The van der Waals surface area contributed by atoms with E-state index in [2.05, 4.69) is 15.1 Å². The molecule has 1 aliphatic carbocycles. The van der Waals surface area contributed by atoms with Gasteiger partial charge in [0, 0.05) is 12.4 Å². The predicted octanol–water partition coefficient (Wildman–Crippen LogP) is 3.19. The van der Waals surface area contributed by atoms with Gasteiger partial charge in [0.15, 0.2) is 0 Å². The van der Waals surface area contributed by atoms with Crippen molar-refractivity contribution < 1.29 is 17.6 Å². The molecule has 1 saturated carbocycles. The van der Waals surface area contributed by atoms with Gasteiger partial charge in [-0.05, 0) is 60.9 Å². The number of anilines is 2. The number of nitrogens with one attached hydrogen (secondary N) is 2. The van der Waals surface area contributed by atoms with Crippen molar-refractivity contribution in [2.24, 2.45) is 0 Å². The first-order valence-electron chi connectivity index (χ1n) is 9.17. The second kappa shape index (κ2) is 6.15. The molecule has 148 valence electrons. The molecule has 1 aromatic heterocycles. The van der Waals surface area contributed by atoms with Crippen LogP contribution in [0.1, 0.15) is 24.8 Å². The maximum Gasteiger partial charge on any atom is 0.261 e. The van der Waals surface area contributed by atoms with Crippen LogP contribution in [0.3, 0.4) is 0 Å². The lowest BCUT2D eigenvalue weighted by atomic mass is 9.65. The van der Waals surface area contributed by atoms with Crippen LogP contribution < -0.4 is 10.0 Å². The van der Waals surface area contributed by atoms with Gasteiger partial charge >= 0.3 is 0 Å². The lowest BCUT2D eigenvalue weighted by Gasteiger charge is -2.36. The van der Waals surface area contributed by atoms with Crippen molar-refractivity contribution >= 4 is 27.3 Å². The highest BCUT2D eigenvalue weighted by molar-refractivity contribution is 7.92. The number of aromatic nitrogens is 2. The highest BCUT2D eigenvalue weighted by Crippen LogP contribution is 2.53. The molecule has 2 aliphatic rings. The summed E-state index contributed by atoms with van der Waals surface area (Å²) in [6.45, 7) is 0. The third-order valence-electron chi connectivity index (χ3n) is 5.64. The Morgan fingerprint density at radius 2 is 1.93 bits per heavy atom. The fraction of sp³-hybridized carbons (Fsp3) is 0.200. The molecule has 1 aliphatic heterocycles. The summed E-state index contributed by atoms with van der Waals surface area (Å²) in [6, 6.07) is 9.69. The van der Waals surface area contributed by atoms with Gasteiger partial charge in [-0.15, -0.1) is 0 Å². The Morgan fingerprint density at radius 1 is 1.17 bits per heavy atom. The van der Waals surface area contributed by atoms with Gasteiger partial charge in [-0.25, -0.2) is 17.5 Å². The van der Waals surface area contributed by atoms with Crippen LogP contribution in [-0.2, 0) is 20.2 Å². The zero-order valence-corrected chi connectivity index (χ0v) is 16.0. The number of fused-ring (bicyclic) bond motifs is 2. The van der Waals surface area contributed by atoms with Crippen LogP contribution in [0.4, 0.5) is 15.8 Å². The molecule has 2 heterocycles. The van der Waals surface area contributed by atoms with E-state index in [9.17, 15) is 17.6 Å². The van der Waals surface area contributed by atoms with E-state index in [4.69, 9.17) is 0 Å². The van der Waals surface area contributed by atoms with Crippen molar-refractivity contribution in [1.82, 2.24) is 9.78 Å². The van der Waals surface area contributed by atoms with Crippen molar-refractivity contribution in [2.45, 2.75) is 29.6 Å². The number of hydrogen-bond donors (Lipinski definition) is 2. The molecule has 1 amide bonds. The van der Waals surface area contributed by atoms with E-state index in [-0.39, 0.29) is 10.8 Å². The highest BCUT2D eigenvalue weighted by Gasteiger charge is 2.52. The first kappa shape index (κ1) is 17.9. The van der Waals surface area contributed by atoms with E-state index >= 15 is 0 Å². The molecule has 0 saturated heterocycles. The van der Waals surface area contributed by atoms with Crippen LogP contribution >= 0.6 is 0 Å². The second-order valence-corrected chi connectivity index (χ2v) is 9.00. The molecule has 7 nitrogen and oxygen atoms in total. The summed E-state index contributed by atoms with van der Waals surface area (Å²) in [6.07, 6.45) is 5.72. The van der Waals surface area contributed by atoms with Gasteiger partial charge in [0.05, 0.1) is 27.4 Å². The topological polar surface area (TPSA) is 93.1 Å². The SMILES string of the molecule is O=C1Nc2c(-n3cccn3)cc(NS(=O)(=O)c3ccc(F)cc3)cc2C12CCC2. The summed E-state index contributed by atoms with van der Waals surface area (Å²) >= 11 is 0. The number of carbonyl (C=O) groups is 1. The van der Waals surface area contributed by atoms with Crippen molar-refractivity contribution in [3.05, 3.63) is 66.2 Å². The van der Waals surface area contributed by atoms with E-state index in [0.717, 1.165) is 37.0 Å². The number of halogens is 1. The fourth-order valence-corrected chi connectivity index (χ4v) is 5.04. The van der Waals surface area contributed by atoms with Gasteiger partial charge in [0.25, 0.3) is 10.0 Å². The quantitative estimate of drug-likeness (QED) is 0.688. The Bertz CT molecular complexity index is 1220. The fourth-order valence-electron chi connectivity index (χ4n) is 4.00. The molecule has 2 N–H and O–H groups in total. The first-order chi connectivity index (χ1) is 13.9. The zero-order chi connectivity index (χ0) is 20.2. The van der Waals surface area contributed by atoms with Crippen LogP contribution in [-0.4, -0.2) is 24.1 Å². The number of hydrogen-bond acceptors (Lipinski definition) is 4. The molecule has 1 fully saturated rings. The Balaban J connectivity index is 1.62. The van der Waals surface area contributed by atoms with Gasteiger partial charge in [-0.3, -0.25) is 9.52 Å². The van der Waals surface area contributed by atoms with Crippen LogP contribution in [0.25, 0.3) is 5.69 Å². The molecule has 0 unspecified atom stereocenters. The number of sulfonamides is 1. The van der Waals surface area contributed by atoms with E-state index in [1.54, 1.807) is 35.3 Å². The van der Waals surface area contributed by atoms with Gasteiger partial charge in [0.1, 0.15) is 5.82 Å². The predicted molar refractivity (Wildman–Crippen MR) is 105 cm³/mol. The lowest BCUT2D eigenvalue weighted by Crippen LogP contribution is -2.40. The standard InChI is InChI=1S/C20H17FN4O3S/c21-13-3-5-15(6-4-13)29(27,28)24-14-11-16-18(17(12-14)25-10-2-9-22-25)23-19(26)20(16)7-1-8-20/h2-6,9-12,24H,1,7-8H2,(H,23,26). The summed E-state index contributed by atoms with van der Waals surface area (Å²) in [5.74, 6) is -0.579. The van der Waals surface area contributed by atoms with Crippen LogP contribution in [0, 0.1) is 5.82 Å². The smallest absolute Gasteiger partial charge is 0.261 e. The molecular formula is C20H17FN4O3S. The average Bonchev–Trinajstić information content (AvgIpc) is 3.26. The largest absolute Gasteiger partial charge is 0.323 e. The van der Waals surface area contributed by atoms with Crippen LogP contribution in [0.2, 0.25) is 0 Å². The molecule has 0 radical (unpaired) electrons. The average molecular weight is 412 g/mol. The molecule has 0 atom stereocenters. The van der Waals surface area contributed by atoms with Gasteiger partial charge in [-0.2, -0.15) is 5.10 Å². The van der Waals surface area contributed by atoms with Gasteiger partial charge < -0.3 is 5.32 Å². The molecule has 0 bridgehead atoms. The molecule has 9 heteroatoms. The molecular weight excluding hydrogens is 395 g/mol. The van der Waals surface area contributed by atoms with E-state index in [1.165, 1.54) is 12.1 Å². The number of carbonyl (C=O) groups excluding carboxylic acids is 1. The summed E-state index contributed by atoms with van der Waals surface area (Å²) in [5, 5.41) is 7.19. The van der Waals surface area contributed by atoms with E-state index in [0.29, 0.717) is 17.1 Å². The highest BCUT2D eigenvalue weighted by atomic mass is 32.2. The first-order valence-corrected chi connectivity index (χ1v) is 10.7. The Hall–Kier alpha value is -3.20. The Labute approximate surface area is 166 Å². The molecule has 1 spiro atoms. The summed E-state index contributed by atoms with van der Waals surface area (Å²) in [7, 11) is -3.92.